The fourth-order valence-corrected chi connectivity index (χ4v) is 4.79. The van der Waals surface area contributed by atoms with Crippen LogP contribution in [-0.4, -0.2) is 61.9 Å². The Morgan fingerprint density at radius 1 is 0.659 bits per heavy atom. The zero-order valence-electron chi connectivity index (χ0n) is 24.2. The van der Waals surface area contributed by atoms with Crippen molar-refractivity contribution in [3.63, 3.8) is 0 Å². The third kappa shape index (κ3) is 11.4. The molecule has 0 saturated carbocycles. The van der Waals surface area contributed by atoms with Gasteiger partial charge in [0.2, 0.25) is 0 Å². The second kappa shape index (κ2) is 18.2. The van der Waals surface area contributed by atoms with Crippen molar-refractivity contribution in [2.45, 2.75) is 95.7 Å². The first kappa shape index (κ1) is 31.6. The molecule has 0 bridgehead atoms. The molecular formula is C34H46O7. The van der Waals surface area contributed by atoms with Crippen LogP contribution in [-0.2, 0) is 41.6 Å². The molecule has 0 aliphatic carbocycles. The van der Waals surface area contributed by atoms with Gasteiger partial charge in [-0.15, -0.1) is 0 Å². The standard InChI is InChI=1S/C34H46O7/c1-2-3-4-5-6-13-22-38-33-21-19-30(32(41-33)26-37-24-28-16-11-8-12-17-28)39-34-20-18-29(35)31(40-34)25-36-23-27-14-9-7-10-15-27/h7-12,14-21,29-35H,2-6,13,22-26H2,1H3. The highest BCUT2D eigenvalue weighted by Gasteiger charge is 2.33. The summed E-state index contributed by atoms with van der Waals surface area (Å²) in [6.45, 7) is 4.39. The number of aliphatic hydroxyl groups is 1. The summed E-state index contributed by atoms with van der Waals surface area (Å²) in [7, 11) is 0. The van der Waals surface area contributed by atoms with Crippen molar-refractivity contribution in [2.24, 2.45) is 0 Å². The Morgan fingerprint density at radius 3 is 1.93 bits per heavy atom. The summed E-state index contributed by atoms with van der Waals surface area (Å²) in [5, 5.41) is 10.4. The Kier molecular flexibility index (Phi) is 14.0. The summed E-state index contributed by atoms with van der Waals surface area (Å²) in [6, 6.07) is 20.0. The highest BCUT2D eigenvalue weighted by Crippen LogP contribution is 2.23. The molecule has 2 aliphatic heterocycles. The van der Waals surface area contributed by atoms with Gasteiger partial charge in [-0.1, -0.05) is 112 Å². The molecule has 1 N–H and O–H groups in total. The number of aliphatic hydroxyl groups excluding tert-OH is 1. The molecule has 0 saturated heterocycles. The number of rotatable bonds is 18. The number of unbranched alkanes of at least 4 members (excludes halogenated alkanes) is 5. The van der Waals surface area contributed by atoms with Crippen LogP contribution >= 0.6 is 0 Å². The van der Waals surface area contributed by atoms with Crippen molar-refractivity contribution in [1.29, 1.82) is 0 Å². The largest absolute Gasteiger partial charge is 0.386 e. The van der Waals surface area contributed by atoms with Crippen molar-refractivity contribution in [3.05, 3.63) is 96.1 Å². The Bertz CT molecular complexity index is 1010. The lowest BCUT2D eigenvalue weighted by Gasteiger charge is -2.36. The second-order valence-corrected chi connectivity index (χ2v) is 10.6. The van der Waals surface area contributed by atoms with Crippen molar-refractivity contribution in [2.75, 3.05) is 19.8 Å². The minimum absolute atomic E-state index is 0.245. The molecule has 7 heteroatoms. The minimum atomic E-state index is -0.770. The van der Waals surface area contributed by atoms with Crippen LogP contribution in [0, 0.1) is 0 Å². The summed E-state index contributed by atoms with van der Waals surface area (Å²) in [5.41, 5.74) is 2.16. The molecule has 6 atom stereocenters. The summed E-state index contributed by atoms with van der Waals surface area (Å²) >= 11 is 0. The van der Waals surface area contributed by atoms with E-state index in [1.165, 1.54) is 32.1 Å². The number of ether oxygens (including phenoxy) is 6. The van der Waals surface area contributed by atoms with Crippen molar-refractivity contribution >= 4 is 0 Å². The van der Waals surface area contributed by atoms with Crippen LogP contribution in [0.4, 0.5) is 0 Å². The van der Waals surface area contributed by atoms with Gasteiger partial charge in [-0.05, 0) is 29.7 Å². The van der Waals surface area contributed by atoms with Crippen LogP contribution in [0.1, 0.15) is 56.6 Å². The van der Waals surface area contributed by atoms with E-state index in [1.54, 1.807) is 12.2 Å². The minimum Gasteiger partial charge on any atom is -0.386 e. The highest BCUT2D eigenvalue weighted by atomic mass is 16.7. The van der Waals surface area contributed by atoms with Crippen LogP contribution in [0.15, 0.2) is 85.0 Å². The van der Waals surface area contributed by atoms with Crippen LogP contribution in [0.5, 0.6) is 0 Å². The number of benzene rings is 2. The van der Waals surface area contributed by atoms with Gasteiger partial charge in [0.25, 0.3) is 0 Å². The summed E-state index contributed by atoms with van der Waals surface area (Å²) in [5.74, 6) is 0. The van der Waals surface area contributed by atoms with Gasteiger partial charge in [-0.25, -0.2) is 0 Å². The van der Waals surface area contributed by atoms with E-state index in [0.29, 0.717) is 26.4 Å². The van der Waals surface area contributed by atoms with Crippen molar-refractivity contribution < 1.29 is 33.5 Å². The van der Waals surface area contributed by atoms with Gasteiger partial charge in [0.1, 0.15) is 24.4 Å². The average Bonchev–Trinajstić information content (AvgIpc) is 3.00. The van der Waals surface area contributed by atoms with Crippen LogP contribution in [0.3, 0.4) is 0 Å². The molecule has 2 aromatic carbocycles. The third-order valence-corrected chi connectivity index (χ3v) is 7.15. The van der Waals surface area contributed by atoms with Gasteiger partial charge in [-0.2, -0.15) is 0 Å². The third-order valence-electron chi connectivity index (χ3n) is 7.15. The molecule has 2 aromatic rings. The van der Waals surface area contributed by atoms with E-state index in [1.807, 2.05) is 72.8 Å². The monoisotopic (exact) mass is 566 g/mol. The maximum absolute atomic E-state index is 10.4. The van der Waals surface area contributed by atoms with Gasteiger partial charge in [-0.3, -0.25) is 0 Å². The normalized spacial score (nSPS) is 25.9. The molecule has 0 spiro atoms. The smallest absolute Gasteiger partial charge is 0.178 e. The summed E-state index contributed by atoms with van der Waals surface area (Å²) in [4.78, 5) is 0. The molecule has 224 valence electrons. The van der Waals surface area contributed by atoms with E-state index in [4.69, 9.17) is 28.4 Å². The molecule has 6 unspecified atom stereocenters. The van der Waals surface area contributed by atoms with Gasteiger partial charge >= 0.3 is 0 Å². The SMILES string of the molecule is CCCCCCCCOC1C=CC(OC2C=CC(O)C(COCc3ccccc3)O2)C(COCc2ccccc2)O1. The van der Waals surface area contributed by atoms with Crippen LogP contribution < -0.4 is 0 Å². The highest BCUT2D eigenvalue weighted by molar-refractivity contribution is 5.14. The first-order valence-electron chi connectivity index (χ1n) is 15.1. The predicted molar refractivity (Wildman–Crippen MR) is 158 cm³/mol. The molecule has 0 radical (unpaired) electrons. The van der Waals surface area contributed by atoms with E-state index in [9.17, 15) is 5.11 Å². The molecule has 2 heterocycles. The first-order valence-corrected chi connectivity index (χ1v) is 15.1. The van der Waals surface area contributed by atoms with Gasteiger partial charge in [0.15, 0.2) is 12.6 Å². The maximum Gasteiger partial charge on any atom is 0.178 e. The van der Waals surface area contributed by atoms with E-state index in [2.05, 4.69) is 6.92 Å². The van der Waals surface area contributed by atoms with E-state index in [-0.39, 0.29) is 12.7 Å². The second-order valence-electron chi connectivity index (χ2n) is 10.6. The molecule has 7 nitrogen and oxygen atoms in total. The molecule has 0 aromatic heterocycles. The molecule has 0 amide bonds. The van der Waals surface area contributed by atoms with Crippen LogP contribution in [0.2, 0.25) is 0 Å². The fraction of sp³-hybridized carbons (Fsp3) is 0.529. The van der Waals surface area contributed by atoms with Crippen molar-refractivity contribution in [3.8, 4) is 0 Å². The zero-order valence-corrected chi connectivity index (χ0v) is 24.2. The van der Waals surface area contributed by atoms with E-state index < -0.39 is 30.9 Å². The van der Waals surface area contributed by atoms with Crippen molar-refractivity contribution in [1.82, 2.24) is 0 Å². The van der Waals surface area contributed by atoms with Gasteiger partial charge in [0, 0.05) is 0 Å². The summed E-state index contributed by atoms with van der Waals surface area (Å²) in [6.07, 6.45) is 11.4. The molecule has 4 rings (SSSR count). The predicted octanol–water partition coefficient (Wildman–Crippen LogP) is 6.11. The quantitative estimate of drug-likeness (QED) is 0.172. The topological polar surface area (TPSA) is 75.6 Å². The van der Waals surface area contributed by atoms with Gasteiger partial charge < -0.3 is 33.5 Å². The van der Waals surface area contributed by atoms with E-state index >= 15 is 0 Å². The van der Waals surface area contributed by atoms with Crippen LogP contribution in [0.25, 0.3) is 0 Å². The molecule has 0 fully saturated rings. The number of hydrogen-bond acceptors (Lipinski definition) is 7. The lowest BCUT2D eigenvalue weighted by atomic mass is 10.1. The Labute approximate surface area is 245 Å². The summed E-state index contributed by atoms with van der Waals surface area (Å²) < 4.78 is 36.5. The first-order chi connectivity index (χ1) is 20.2. The fourth-order valence-electron chi connectivity index (χ4n) is 4.79. The number of hydrogen-bond donors (Lipinski definition) is 1. The van der Waals surface area contributed by atoms with Gasteiger partial charge in [0.05, 0.1) is 33.0 Å². The molecule has 2 aliphatic rings. The molecular weight excluding hydrogens is 520 g/mol. The Hall–Kier alpha value is -2.36. The maximum atomic E-state index is 10.4. The molecule has 41 heavy (non-hydrogen) atoms. The lowest BCUT2D eigenvalue weighted by Crippen LogP contribution is -2.45. The van der Waals surface area contributed by atoms with E-state index in [0.717, 1.165) is 17.5 Å². The Morgan fingerprint density at radius 2 is 1.24 bits per heavy atom. The Balaban J connectivity index is 1.28. The average molecular weight is 567 g/mol. The zero-order chi connectivity index (χ0) is 28.5. The lowest BCUT2D eigenvalue weighted by molar-refractivity contribution is -0.240.